The van der Waals surface area contributed by atoms with Crippen LogP contribution in [0.2, 0.25) is 0 Å². The van der Waals surface area contributed by atoms with E-state index < -0.39 is 23.9 Å². The number of urea groups is 1. The first-order chi connectivity index (χ1) is 9.00. The number of rotatable bonds is 6. The highest BCUT2D eigenvalue weighted by molar-refractivity contribution is 5.83. The van der Waals surface area contributed by atoms with Crippen molar-refractivity contribution in [1.82, 2.24) is 10.6 Å². The van der Waals surface area contributed by atoms with Crippen molar-refractivity contribution in [2.24, 2.45) is 16.6 Å². The van der Waals surface area contributed by atoms with Crippen molar-refractivity contribution in [1.29, 1.82) is 0 Å². The van der Waals surface area contributed by atoms with Crippen LogP contribution in [-0.4, -0.2) is 35.1 Å². The Morgan fingerprint density at radius 1 is 1.20 bits per heavy atom. The third-order valence-electron chi connectivity index (χ3n) is 4.58. The number of nitrogens with one attached hydrogen (secondary N) is 2. The Balaban J connectivity index is 2.52. The van der Waals surface area contributed by atoms with Gasteiger partial charge >= 0.3 is 12.0 Å². The molecule has 0 heterocycles. The van der Waals surface area contributed by atoms with Crippen molar-refractivity contribution >= 4 is 17.9 Å². The largest absolute Gasteiger partial charge is 0.480 e. The third kappa shape index (κ3) is 3.20. The lowest BCUT2D eigenvalue weighted by Crippen LogP contribution is -2.47. The number of hydrogen-bond acceptors (Lipinski definition) is 3. The van der Waals surface area contributed by atoms with E-state index in [0.717, 1.165) is 0 Å². The van der Waals surface area contributed by atoms with Crippen LogP contribution in [0.3, 0.4) is 0 Å². The van der Waals surface area contributed by atoms with Crippen LogP contribution >= 0.6 is 0 Å². The molecular weight excluding hydrogens is 262 g/mol. The summed E-state index contributed by atoms with van der Waals surface area (Å²) >= 11 is 0. The van der Waals surface area contributed by atoms with E-state index in [0.29, 0.717) is 0 Å². The van der Waals surface area contributed by atoms with Gasteiger partial charge in [-0.25, -0.2) is 9.59 Å². The van der Waals surface area contributed by atoms with Crippen LogP contribution in [0.4, 0.5) is 4.79 Å². The number of nitrogens with two attached hydrogens (primary N) is 1. The lowest BCUT2D eigenvalue weighted by molar-refractivity contribution is -0.139. The molecule has 0 aromatic carbocycles. The normalized spacial score (nSPS) is 20.8. The molecule has 1 unspecified atom stereocenters. The van der Waals surface area contributed by atoms with Crippen LogP contribution in [0.15, 0.2) is 0 Å². The second-order valence-electron chi connectivity index (χ2n) is 6.39. The Morgan fingerprint density at radius 2 is 1.70 bits per heavy atom. The Bertz CT molecular complexity index is 417. The van der Waals surface area contributed by atoms with E-state index in [-0.39, 0.29) is 29.7 Å². The van der Waals surface area contributed by atoms with Gasteiger partial charge in [-0.05, 0) is 17.3 Å². The summed E-state index contributed by atoms with van der Waals surface area (Å²) in [4.78, 5) is 33.5. The van der Waals surface area contributed by atoms with Crippen molar-refractivity contribution in [2.75, 3.05) is 0 Å². The summed E-state index contributed by atoms with van der Waals surface area (Å²) < 4.78 is 0. The first-order valence-corrected chi connectivity index (χ1v) is 6.58. The van der Waals surface area contributed by atoms with Gasteiger partial charge in [0.1, 0.15) is 6.04 Å². The Hall–Kier alpha value is -1.79. The predicted octanol–water partition coefficient (Wildman–Crippen LogP) is 0.439. The minimum absolute atomic E-state index is 0.0133. The number of aliphatic carboxylic acids is 1. The maximum atomic E-state index is 11.8. The molecule has 3 amide bonds. The van der Waals surface area contributed by atoms with E-state index in [4.69, 9.17) is 10.8 Å². The molecule has 0 bridgehead atoms. The minimum Gasteiger partial charge on any atom is -0.480 e. The first-order valence-electron chi connectivity index (χ1n) is 6.58. The number of carbonyl (C=O) groups is 3. The first kappa shape index (κ1) is 16.3. The van der Waals surface area contributed by atoms with Crippen LogP contribution in [0, 0.1) is 10.8 Å². The number of amides is 3. The SMILES string of the molecule is CC1(C)C(NC(=O)NC(CCC(N)=O)C(=O)O)C1(C)C. The van der Waals surface area contributed by atoms with E-state index in [9.17, 15) is 14.4 Å². The van der Waals surface area contributed by atoms with E-state index in [1.54, 1.807) is 0 Å². The lowest BCUT2D eigenvalue weighted by Gasteiger charge is -2.15. The standard InChI is InChI=1S/C13H23N3O4/c1-12(2)10(13(12,3)4)16-11(20)15-7(9(18)19)5-6-8(14)17/h7,10H,5-6H2,1-4H3,(H2,14,17)(H,18,19)(H2,15,16,20). The summed E-state index contributed by atoms with van der Waals surface area (Å²) in [6.07, 6.45) is -0.104. The molecule has 1 rings (SSSR count). The molecule has 114 valence electrons. The van der Waals surface area contributed by atoms with Crippen LogP contribution in [0.25, 0.3) is 0 Å². The van der Waals surface area contributed by atoms with Gasteiger partial charge in [0.05, 0.1) is 0 Å². The van der Waals surface area contributed by atoms with Crippen molar-refractivity contribution in [3.8, 4) is 0 Å². The van der Waals surface area contributed by atoms with Crippen LogP contribution in [0.1, 0.15) is 40.5 Å². The number of hydrogen-bond donors (Lipinski definition) is 4. The third-order valence-corrected chi connectivity index (χ3v) is 4.58. The highest BCUT2D eigenvalue weighted by atomic mass is 16.4. The molecule has 1 atom stereocenters. The van der Waals surface area contributed by atoms with Crippen molar-refractivity contribution in [3.63, 3.8) is 0 Å². The Kier molecular flexibility index (Phi) is 4.31. The fourth-order valence-electron chi connectivity index (χ4n) is 2.43. The molecule has 7 nitrogen and oxygen atoms in total. The Labute approximate surface area is 118 Å². The quantitative estimate of drug-likeness (QED) is 0.565. The number of carbonyl (C=O) groups excluding carboxylic acids is 2. The van der Waals surface area contributed by atoms with Gasteiger partial charge in [-0.1, -0.05) is 27.7 Å². The van der Waals surface area contributed by atoms with Crippen LogP contribution < -0.4 is 16.4 Å². The highest BCUT2D eigenvalue weighted by Gasteiger charge is 2.65. The molecule has 0 saturated heterocycles. The lowest BCUT2D eigenvalue weighted by atomic mass is 10.0. The molecule has 1 aliphatic rings. The van der Waals surface area contributed by atoms with E-state index in [2.05, 4.69) is 10.6 Å². The average Bonchev–Trinajstić information content (AvgIpc) is 2.66. The fourth-order valence-corrected chi connectivity index (χ4v) is 2.43. The second kappa shape index (κ2) is 5.30. The van der Waals surface area contributed by atoms with Gasteiger partial charge in [-0.2, -0.15) is 0 Å². The summed E-state index contributed by atoms with van der Waals surface area (Å²) in [5.74, 6) is -1.78. The molecule has 0 aromatic heterocycles. The van der Waals surface area contributed by atoms with Gasteiger partial charge < -0.3 is 21.5 Å². The average molecular weight is 285 g/mol. The molecule has 7 heteroatoms. The van der Waals surface area contributed by atoms with Crippen molar-refractivity contribution in [3.05, 3.63) is 0 Å². The van der Waals surface area contributed by atoms with Gasteiger partial charge in [-0.3, -0.25) is 4.79 Å². The molecule has 5 N–H and O–H groups in total. The molecule has 1 aliphatic carbocycles. The summed E-state index contributed by atoms with van der Waals surface area (Å²) in [5, 5.41) is 14.1. The molecule has 0 spiro atoms. The topological polar surface area (TPSA) is 122 Å². The molecule has 20 heavy (non-hydrogen) atoms. The van der Waals surface area contributed by atoms with E-state index in [1.165, 1.54) is 0 Å². The molecule has 0 aliphatic heterocycles. The Morgan fingerprint density at radius 3 is 2.05 bits per heavy atom. The monoisotopic (exact) mass is 285 g/mol. The zero-order valence-corrected chi connectivity index (χ0v) is 12.3. The smallest absolute Gasteiger partial charge is 0.326 e. The summed E-state index contributed by atoms with van der Waals surface area (Å²) in [5.41, 5.74) is 4.91. The molecule has 0 aromatic rings. The fraction of sp³-hybridized carbons (Fsp3) is 0.769. The van der Waals surface area contributed by atoms with E-state index >= 15 is 0 Å². The molecule has 0 radical (unpaired) electrons. The number of primary amides is 1. The van der Waals surface area contributed by atoms with Gasteiger partial charge in [0.2, 0.25) is 5.91 Å². The van der Waals surface area contributed by atoms with Crippen LogP contribution in [-0.2, 0) is 9.59 Å². The number of carboxylic acids is 1. The highest BCUT2D eigenvalue weighted by Crippen LogP contribution is 2.62. The predicted molar refractivity (Wildman–Crippen MR) is 72.9 cm³/mol. The van der Waals surface area contributed by atoms with Crippen molar-refractivity contribution in [2.45, 2.75) is 52.6 Å². The number of carboxylic acid groups (broad SMARTS) is 1. The van der Waals surface area contributed by atoms with Crippen LogP contribution in [0.5, 0.6) is 0 Å². The zero-order chi connectivity index (χ0) is 15.7. The molecular formula is C13H23N3O4. The van der Waals surface area contributed by atoms with Crippen molar-refractivity contribution < 1.29 is 19.5 Å². The van der Waals surface area contributed by atoms with Gasteiger partial charge in [0.15, 0.2) is 0 Å². The summed E-state index contributed by atoms with van der Waals surface area (Å²) in [6, 6.07) is -1.67. The van der Waals surface area contributed by atoms with E-state index in [1.807, 2.05) is 27.7 Å². The second-order valence-corrected chi connectivity index (χ2v) is 6.39. The maximum Gasteiger partial charge on any atom is 0.326 e. The maximum absolute atomic E-state index is 11.8. The van der Waals surface area contributed by atoms with Gasteiger partial charge in [0.25, 0.3) is 0 Å². The van der Waals surface area contributed by atoms with Gasteiger partial charge in [0, 0.05) is 12.5 Å². The van der Waals surface area contributed by atoms with Gasteiger partial charge in [-0.15, -0.1) is 0 Å². The summed E-state index contributed by atoms with van der Waals surface area (Å²) in [6.45, 7) is 8.17. The zero-order valence-electron chi connectivity index (χ0n) is 12.3. The minimum atomic E-state index is -1.18. The molecule has 1 saturated carbocycles. The summed E-state index contributed by atoms with van der Waals surface area (Å²) in [7, 11) is 0. The molecule has 1 fully saturated rings.